The molecule has 0 aliphatic carbocycles. The van der Waals surface area contributed by atoms with Gasteiger partial charge in [0.1, 0.15) is 11.5 Å². The molecule has 192 valence electrons. The van der Waals surface area contributed by atoms with Crippen LogP contribution in [-0.4, -0.2) is 57.2 Å². The molecule has 2 heterocycles. The van der Waals surface area contributed by atoms with Crippen molar-refractivity contribution < 1.29 is 13.9 Å². The van der Waals surface area contributed by atoms with Crippen LogP contribution in [0.25, 0.3) is 11.0 Å². The first-order chi connectivity index (χ1) is 17.2. The summed E-state index contributed by atoms with van der Waals surface area (Å²) in [5, 5.41) is 3.46. The molecule has 36 heavy (non-hydrogen) atoms. The van der Waals surface area contributed by atoms with E-state index in [2.05, 4.69) is 21.2 Å². The van der Waals surface area contributed by atoms with Crippen LogP contribution in [0.15, 0.2) is 51.7 Å². The van der Waals surface area contributed by atoms with Crippen molar-refractivity contribution in [2.45, 2.75) is 39.5 Å². The number of nitrogens with zero attached hydrogens (tertiary/aromatic N) is 2. The van der Waals surface area contributed by atoms with Crippen LogP contribution in [0.3, 0.4) is 0 Å². The Morgan fingerprint density at radius 2 is 1.78 bits per heavy atom. The van der Waals surface area contributed by atoms with Crippen molar-refractivity contribution in [2.75, 3.05) is 51.3 Å². The predicted molar refractivity (Wildman–Crippen MR) is 145 cm³/mol. The van der Waals surface area contributed by atoms with Gasteiger partial charge in [0.05, 0.1) is 23.7 Å². The van der Waals surface area contributed by atoms with Gasteiger partial charge >= 0.3 is 0 Å². The molecular formula is C29H37N3O4. The van der Waals surface area contributed by atoms with Gasteiger partial charge in [0.25, 0.3) is 5.91 Å². The van der Waals surface area contributed by atoms with E-state index in [1.807, 2.05) is 39.0 Å². The number of carbonyl (C=O) groups excluding carboxylic acids is 1. The van der Waals surface area contributed by atoms with Gasteiger partial charge in [-0.05, 0) is 44.2 Å². The lowest BCUT2D eigenvalue weighted by Crippen LogP contribution is -2.47. The Morgan fingerprint density at radius 1 is 1.06 bits per heavy atom. The zero-order chi connectivity index (χ0) is 25.9. The minimum atomic E-state index is -0.337. The zero-order valence-corrected chi connectivity index (χ0v) is 22.0. The summed E-state index contributed by atoms with van der Waals surface area (Å²) in [5.74, 6) is 1.31. The molecule has 1 saturated heterocycles. The number of carbonyl (C=O) groups is 1. The standard InChI is InChI=1S/C29H37N3O4/c1-20-25(33)21-10-8-11-22(26(21)36-27(20)29(2,3)4)28(34)30-14-9-15-31-16-18-32(19-17-31)23-12-6-7-13-24(23)35-5/h6-8,10-13H,9,14-19H2,1-5H3,(H,30,34). The van der Waals surface area contributed by atoms with Gasteiger partial charge < -0.3 is 19.4 Å². The lowest BCUT2D eigenvalue weighted by atomic mass is 9.89. The Labute approximate surface area is 213 Å². The molecule has 0 radical (unpaired) electrons. The number of ether oxygens (including phenoxy) is 1. The van der Waals surface area contributed by atoms with E-state index >= 15 is 0 Å². The lowest BCUT2D eigenvalue weighted by molar-refractivity contribution is 0.0952. The third-order valence-electron chi connectivity index (χ3n) is 6.81. The fraction of sp³-hybridized carbons (Fsp3) is 0.448. The smallest absolute Gasteiger partial charge is 0.255 e. The molecule has 7 heteroatoms. The molecule has 3 aromatic rings. The summed E-state index contributed by atoms with van der Waals surface area (Å²) in [6.45, 7) is 13.1. The van der Waals surface area contributed by atoms with Crippen molar-refractivity contribution in [1.82, 2.24) is 10.2 Å². The molecule has 7 nitrogen and oxygen atoms in total. The number of benzene rings is 2. The summed E-state index contributed by atoms with van der Waals surface area (Å²) >= 11 is 0. The van der Waals surface area contributed by atoms with E-state index in [4.69, 9.17) is 9.15 Å². The Hall–Kier alpha value is -3.32. The van der Waals surface area contributed by atoms with Crippen LogP contribution in [-0.2, 0) is 5.41 Å². The number of piperazine rings is 1. The quantitative estimate of drug-likeness (QED) is 0.496. The number of hydrogen-bond acceptors (Lipinski definition) is 6. The van der Waals surface area contributed by atoms with Crippen molar-refractivity contribution in [3.05, 3.63) is 69.6 Å². The maximum atomic E-state index is 13.0. The van der Waals surface area contributed by atoms with Crippen molar-refractivity contribution in [3.8, 4) is 5.75 Å². The number of hydrogen-bond donors (Lipinski definition) is 1. The van der Waals surface area contributed by atoms with Gasteiger partial charge in [-0.2, -0.15) is 0 Å². The molecule has 1 N–H and O–H groups in total. The fourth-order valence-corrected chi connectivity index (χ4v) is 4.91. The normalized spacial score (nSPS) is 14.8. The fourth-order valence-electron chi connectivity index (χ4n) is 4.91. The molecule has 1 aromatic heterocycles. The highest BCUT2D eigenvalue weighted by Crippen LogP contribution is 2.29. The van der Waals surface area contributed by atoms with Crippen LogP contribution in [0.2, 0.25) is 0 Å². The second kappa shape index (κ2) is 10.7. The van der Waals surface area contributed by atoms with Crippen molar-refractivity contribution in [2.24, 2.45) is 0 Å². The monoisotopic (exact) mass is 491 g/mol. The van der Waals surface area contributed by atoms with E-state index in [1.54, 1.807) is 32.2 Å². The molecule has 0 atom stereocenters. The average Bonchev–Trinajstić information content (AvgIpc) is 2.88. The van der Waals surface area contributed by atoms with Crippen LogP contribution < -0.4 is 20.4 Å². The lowest BCUT2D eigenvalue weighted by Gasteiger charge is -2.36. The van der Waals surface area contributed by atoms with Gasteiger partial charge in [0, 0.05) is 43.7 Å². The predicted octanol–water partition coefficient (Wildman–Crippen LogP) is 4.35. The van der Waals surface area contributed by atoms with Crippen LogP contribution in [0.4, 0.5) is 5.69 Å². The summed E-state index contributed by atoms with van der Waals surface area (Å²) in [6.07, 6.45) is 0.849. The topological polar surface area (TPSA) is 75.0 Å². The SMILES string of the molecule is COc1ccccc1N1CCN(CCCNC(=O)c2cccc3c(=O)c(C)c(C(C)(C)C)oc23)CC1. The summed E-state index contributed by atoms with van der Waals surface area (Å²) < 4.78 is 11.7. The van der Waals surface area contributed by atoms with Crippen LogP contribution in [0.5, 0.6) is 5.75 Å². The van der Waals surface area contributed by atoms with Crippen LogP contribution in [0, 0.1) is 6.92 Å². The third kappa shape index (κ3) is 5.41. The second-order valence-electron chi connectivity index (χ2n) is 10.4. The minimum absolute atomic E-state index is 0.0805. The molecule has 1 aliphatic heterocycles. The van der Waals surface area contributed by atoms with E-state index in [1.165, 1.54) is 0 Å². The Morgan fingerprint density at radius 3 is 2.47 bits per heavy atom. The van der Waals surface area contributed by atoms with Gasteiger partial charge in [-0.25, -0.2) is 0 Å². The number of methoxy groups -OCH3 is 1. The number of para-hydroxylation sites is 3. The largest absolute Gasteiger partial charge is 0.495 e. The highest BCUT2D eigenvalue weighted by Gasteiger charge is 2.25. The maximum Gasteiger partial charge on any atom is 0.255 e. The molecule has 1 amide bonds. The van der Waals surface area contributed by atoms with Gasteiger partial charge in [-0.1, -0.05) is 39.0 Å². The Bertz CT molecular complexity index is 1280. The van der Waals surface area contributed by atoms with Crippen molar-refractivity contribution >= 4 is 22.6 Å². The first-order valence-corrected chi connectivity index (χ1v) is 12.7. The van der Waals surface area contributed by atoms with Gasteiger partial charge in [0.2, 0.25) is 0 Å². The summed E-state index contributed by atoms with van der Waals surface area (Å²) in [5.41, 5.74) is 2.08. The molecule has 0 spiro atoms. The zero-order valence-electron chi connectivity index (χ0n) is 22.0. The minimum Gasteiger partial charge on any atom is -0.495 e. The van der Waals surface area contributed by atoms with Crippen molar-refractivity contribution in [1.29, 1.82) is 0 Å². The first kappa shape index (κ1) is 25.8. The highest BCUT2D eigenvalue weighted by atomic mass is 16.5. The van der Waals surface area contributed by atoms with E-state index in [9.17, 15) is 9.59 Å². The Kier molecular flexibility index (Phi) is 7.69. The van der Waals surface area contributed by atoms with Gasteiger partial charge in [0.15, 0.2) is 11.0 Å². The van der Waals surface area contributed by atoms with Crippen LogP contribution >= 0.6 is 0 Å². The Balaban J connectivity index is 1.33. The molecule has 0 unspecified atom stereocenters. The number of anilines is 1. The summed E-state index contributed by atoms with van der Waals surface area (Å²) in [6, 6.07) is 13.3. The molecule has 4 rings (SSSR count). The third-order valence-corrected chi connectivity index (χ3v) is 6.81. The molecule has 0 bridgehead atoms. The van der Waals surface area contributed by atoms with E-state index in [0.29, 0.717) is 34.4 Å². The average molecular weight is 492 g/mol. The molecule has 2 aromatic carbocycles. The molecule has 1 aliphatic rings. The number of nitrogens with one attached hydrogen (secondary N) is 1. The molecular weight excluding hydrogens is 454 g/mol. The first-order valence-electron chi connectivity index (χ1n) is 12.7. The number of fused-ring (bicyclic) bond motifs is 1. The number of rotatable bonds is 7. The van der Waals surface area contributed by atoms with Crippen molar-refractivity contribution in [3.63, 3.8) is 0 Å². The summed E-state index contributed by atoms with van der Waals surface area (Å²) in [4.78, 5) is 30.8. The van der Waals surface area contributed by atoms with Gasteiger partial charge in [-0.3, -0.25) is 14.5 Å². The van der Waals surface area contributed by atoms with E-state index in [-0.39, 0.29) is 16.8 Å². The highest BCUT2D eigenvalue weighted by molar-refractivity contribution is 6.04. The molecule has 0 saturated carbocycles. The number of amides is 1. The van der Waals surface area contributed by atoms with E-state index < -0.39 is 0 Å². The summed E-state index contributed by atoms with van der Waals surface area (Å²) in [7, 11) is 1.71. The molecule has 1 fully saturated rings. The van der Waals surface area contributed by atoms with E-state index in [0.717, 1.165) is 50.6 Å². The second-order valence-corrected chi connectivity index (χ2v) is 10.4. The maximum absolute atomic E-state index is 13.0. The van der Waals surface area contributed by atoms with Crippen LogP contribution in [0.1, 0.15) is 48.9 Å². The van der Waals surface area contributed by atoms with Gasteiger partial charge in [-0.15, -0.1) is 0 Å².